The number of benzene rings is 1. The van der Waals surface area contributed by atoms with E-state index in [9.17, 15) is 4.79 Å². The van der Waals surface area contributed by atoms with Crippen LogP contribution in [0.15, 0.2) is 24.4 Å². The minimum atomic E-state index is -0.906. The third kappa shape index (κ3) is 1.46. The molecule has 2 aromatic rings. The van der Waals surface area contributed by atoms with Gasteiger partial charge in [-0.15, -0.1) is 0 Å². The van der Waals surface area contributed by atoms with Crippen LogP contribution in [0.3, 0.4) is 0 Å². The van der Waals surface area contributed by atoms with E-state index in [-0.39, 0.29) is 0 Å². The largest absolute Gasteiger partial charge is 0.478 e. The molecule has 0 atom stereocenters. The molecule has 0 aliphatic rings. The molecule has 0 unspecified atom stereocenters. The maximum Gasteiger partial charge on any atom is 0.336 e. The van der Waals surface area contributed by atoms with Crippen molar-refractivity contribution in [3.8, 4) is 0 Å². The van der Waals surface area contributed by atoms with E-state index < -0.39 is 5.97 Å². The monoisotopic (exact) mass is 201 g/mol. The van der Waals surface area contributed by atoms with Crippen LogP contribution in [0, 0.1) is 13.8 Å². The average molecular weight is 201 g/mol. The van der Waals surface area contributed by atoms with Gasteiger partial charge in [0.25, 0.3) is 0 Å². The predicted molar refractivity (Wildman–Crippen MR) is 58.2 cm³/mol. The molecule has 0 fully saturated rings. The zero-order chi connectivity index (χ0) is 11.0. The van der Waals surface area contributed by atoms with E-state index in [1.165, 1.54) is 0 Å². The van der Waals surface area contributed by atoms with Gasteiger partial charge in [-0.3, -0.25) is 4.98 Å². The number of hydrogen-bond acceptors (Lipinski definition) is 2. The first-order valence-electron chi connectivity index (χ1n) is 4.69. The number of rotatable bonds is 1. The summed E-state index contributed by atoms with van der Waals surface area (Å²) in [6.45, 7) is 3.85. The van der Waals surface area contributed by atoms with Gasteiger partial charge in [0.1, 0.15) is 0 Å². The molecular formula is C12H11NO2. The summed E-state index contributed by atoms with van der Waals surface area (Å²) in [7, 11) is 0. The van der Waals surface area contributed by atoms with Gasteiger partial charge in [-0.05, 0) is 37.1 Å². The average Bonchev–Trinajstić information content (AvgIpc) is 2.23. The van der Waals surface area contributed by atoms with Gasteiger partial charge in [0.05, 0.1) is 11.1 Å². The number of nitrogens with zero attached hydrogens (tertiary/aromatic N) is 1. The molecule has 0 amide bonds. The Balaban J connectivity index is 2.94. The van der Waals surface area contributed by atoms with Crippen LogP contribution >= 0.6 is 0 Å². The number of carboxylic acids is 1. The van der Waals surface area contributed by atoms with Crippen molar-refractivity contribution < 1.29 is 9.90 Å². The minimum absolute atomic E-state index is 0.321. The second-order valence-corrected chi connectivity index (χ2v) is 3.57. The highest BCUT2D eigenvalue weighted by molar-refractivity contribution is 6.03. The zero-order valence-corrected chi connectivity index (χ0v) is 8.61. The van der Waals surface area contributed by atoms with Crippen LogP contribution in [0.5, 0.6) is 0 Å². The second kappa shape index (κ2) is 3.35. The molecule has 1 aromatic heterocycles. The van der Waals surface area contributed by atoms with Crippen LogP contribution in [0.25, 0.3) is 10.9 Å². The molecule has 3 heteroatoms. The van der Waals surface area contributed by atoms with Crippen molar-refractivity contribution in [1.29, 1.82) is 0 Å². The summed E-state index contributed by atoms with van der Waals surface area (Å²) in [5, 5.41) is 9.77. The summed E-state index contributed by atoms with van der Waals surface area (Å²) in [6, 6.07) is 5.24. The Morgan fingerprint density at radius 3 is 2.80 bits per heavy atom. The van der Waals surface area contributed by atoms with E-state index in [2.05, 4.69) is 4.98 Å². The summed E-state index contributed by atoms with van der Waals surface area (Å²) in [5.41, 5.74) is 3.09. The van der Waals surface area contributed by atoms with Crippen LogP contribution in [-0.4, -0.2) is 16.1 Å². The summed E-state index contributed by atoms with van der Waals surface area (Å²) in [4.78, 5) is 15.3. The third-order valence-corrected chi connectivity index (χ3v) is 2.64. The molecule has 1 N–H and O–H groups in total. The first-order valence-corrected chi connectivity index (χ1v) is 4.69. The third-order valence-electron chi connectivity index (χ3n) is 2.64. The molecule has 15 heavy (non-hydrogen) atoms. The van der Waals surface area contributed by atoms with Crippen molar-refractivity contribution in [2.75, 3.05) is 0 Å². The molecule has 0 saturated carbocycles. The van der Waals surface area contributed by atoms with Crippen LogP contribution in [0.1, 0.15) is 21.5 Å². The Bertz CT molecular complexity index is 547. The number of aryl methyl sites for hydroxylation is 2. The number of fused-ring (bicyclic) bond motifs is 1. The first-order chi connectivity index (χ1) is 7.11. The minimum Gasteiger partial charge on any atom is -0.478 e. The SMILES string of the molecule is Cc1cc(C(=O)O)c2cccnc2c1C. The molecule has 0 aliphatic heterocycles. The van der Waals surface area contributed by atoms with Crippen LogP contribution < -0.4 is 0 Å². The van der Waals surface area contributed by atoms with Gasteiger partial charge in [-0.25, -0.2) is 4.79 Å². The quantitative estimate of drug-likeness (QED) is 0.771. The smallest absolute Gasteiger partial charge is 0.336 e. The molecule has 0 radical (unpaired) electrons. The number of aromatic nitrogens is 1. The maximum atomic E-state index is 11.1. The standard InChI is InChI=1S/C12H11NO2/c1-7-6-10(12(14)15)9-4-3-5-13-11(9)8(7)2/h3-6H,1-2H3,(H,14,15). The predicted octanol–water partition coefficient (Wildman–Crippen LogP) is 2.55. The Labute approximate surface area is 87.4 Å². The van der Waals surface area contributed by atoms with E-state index in [0.29, 0.717) is 10.9 Å². The summed E-state index contributed by atoms with van der Waals surface area (Å²) in [5.74, 6) is -0.906. The number of pyridine rings is 1. The van der Waals surface area contributed by atoms with Crippen molar-refractivity contribution >= 4 is 16.9 Å². The maximum absolute atomic E-state index is 11.1. The van der Waals surface area contributed by atoms with Gasteiger partial charge < -0.3 is 5.11 Å². The first kappa shape index (κ1) is 9.65. The zero-order valence-electron chi connectivity index (χ0n) is 8.61. The fraction of sp³-hybridized carbons (Fsp3) is 0.167. The highest BCUT2D eigenvalue weighted by Gasteiger charge is 2.12. The van der Waals surface area contributed by atoms with Crippen molar-refractivity contribution in [1.82, 2.24) is 4.98 Å². The summed E-state index contributed by atoms with van der Waals surface area (Å²) < 4.78 is 0. The van der Waals surface area contributed by atoms with Gasteiger partial charge in [-0.1, -0.05) is 6.07 Å². The summed E-state index contributed by atoms with van der Waals surface area (Å²) in [6.07, 6.45) is 1.68. The topological polar surface area (TPSA) is 50.2 Å². The van der Waals surface area contributed by atoms with E-state index in [4.69, 9.17) is 5.11 Å². The lowest BCUT2D eigenvalue weighted by Gasteiger charge is -2.07. The van der Waals surface area contributed by atoms with Crippen LogP contribution in [0.4, 0.5) is 0 Å². The molecule has 1 heterocycles. The highest BCUT2D eigenvalue weighted by atomic mass is 16.4. The number of aromatic carboxylic acids is 1. The van der Waals surface area contributed by atoms with Gasteiger partial charge in [0.2, 0.25) is 0 Å². The Morgan fingerprint density at radius 2 is 2.13 bits per heavy atom. The molecule has 3 nitrogen and oxygen atoms in total. The van der Waals surface area contributed by atoms with Crippen molar-refractivity contribution in [3.63, 3.8) is 0 Å². The van der Waals surface area contributed by atoms with E-state index >= 15 is 0 Å². The number of carbonyl (C=O) groups is 1. The Kier molecular flexibility index (Phi) is 2.15. The number of hydrogen-bond donors (Lipinski definition) is 1. The van der Waals surface area contributed by atoms with Crippen molar-refractivity contribution in [3.05, 3.63) is 41.1 Å². The molecule has 76 valence electrons. The molecule has 0 bridgehead atoms. The van der Waals surface area contributed by atoms with E-state index in [0.717, 1.165) is 16.6 Å². The molecule has 0 saturated heterocycles. The highest BCUT2D eigenvalue weighted by Crippen LogP contribution is 2.23. The van der Waals surface area contributed by atoms with Crippen molar-refractivity contribution in [2.24, 2.45) is 0 Å². The molecule has 0 spiro atoms. The van der Waals surface area contributed by atoms with Crippen LogP contribution in [-0.2, 0) is 0 Å². The fourth-order valence-corrected chi connectivity index (χ4v) is 1.69. The normalized spacial score (nSPS) is 10.5. The lowest BCUT2D eigenvalue weighted by atomic mass is 10.00. The van der Waals surface area contributed by atoms with Gasteiger partial charge >= 0.3 is 5.97 Å². The Morgan fingerprint density at radius 1 is 1.40 bits per heavy atom. The van der Waals surface area contributed by atoms with Gasteiger partial charge in [-0.2, -0.15) is 0 Å². The Hall–Kier alpha value is -1.90. The summed E-state index contributed by atoms with van der Waals surface area (Å²) >= 11 is 0. The lowest BCUT2D eigenvalue weighted by Crippen LogP contribution is -2.00. The molecular weight excluding hydrogens is 190 g/mol. The van der Waals surface area contributed by atoms with Crippen LogP contribution in [0.2, 0.25) is 0 Å². The van der Waals surface area contributed by atoms with Crippen molar-refractivity contribution in [2.45, 2.75) is 13.8 Å². The number of carboxylic acid groups (broad SMARTS) is 1. The fourth-order valence-electron chi connectivity index (χ4n) is 1.69. The lowest BCUT2D eigenvalue weighted by molar-refractivity contribution is 0.0699. The van der Waals surface area contributed by atoms with Gasteiger partial charge in [0.15, 0.2) is 0 Å². The van der Waals surface area contributed by atoms with E-state index in [1.807, 2.05) is 13.8 Å². The second-order valence-electron chi connectivity index (χ2n) is 3.57. The van der Waals surface area contributed by atoms with Gasteiger partial charge in [0, 0.05) is 11.6 Å². The molecule has 2 rings (SSSR count). The molecule has 1 aromatic carbocycles. The van der Waals surface area contributed by atoms with E-state index in [1.54, 1.807) is 24.4 Å². The molecule has 0 aliphatic carbocycles.